The Morgan fingerprint density at radius 2 is 2.00 bits per heavy atom. The van der Waals surface area contributed by atoms with Crippen molar-refractivity contribution in [3.63, 3.8) is 0 Å². The third kappa shape index (κ3) is 4.59. The Labute approximate surface area is 194 Å². The molecule has 5 rings (SSSR count). The lowest BCUT2D eigenvalue weighted by atomic mass is 9.88. The van der Waals surface area contributed by atoms with E-state index in [0.29, 0.717) is 41.6 Å². The summed E-state index contributed by atoms with van der Waals surface area (Å²) in [5.74, 6) is 1.46. The number of anilines is 1. The van der Waals surface area contributed by atoms with E-state index in [1.54, 1.807) is 6.07 Å². The molecule has 33 heavy (non-hydrogen) atoms. The summed E-state index contributed by atoms with van der Waals surface area (Å²) < 4.78 is 38.6. The van der Waals surface area contributed by atoms with Gasteiger partial charge in [-0.05, 0) is 43.7 Å². The van der Waals surface area contributed by atoms with E-state index in [2.05, 4.69) is 14.9 Å². The van der Waals surface area contributed by atoms with Gasteiger partial charge in [-0.25, -0.2) is 9.97 Å². The van der Waals surface area contributed by atoms with Gasteiger partial charge < -0.3 is 19.4 Å². The molecular weight excluding hydrogens is 454 g/mol. The molecule has 3 atom stereocenters. The average molecular weight is 478 g/mol. The van der Waals surface area contributed by atoms with Gasteiger partial charge in [-0.15, -0.1) is 11.3 Å². The number of aromatic nitrogens is 2. The molecule has 3 aliphatic heterocycles. The van der Waals surface area contributed by atoms with Gasteiger partial charge in [0.25, 0.3) is 7.41 Å². The summed E-state index contributed by atoms with van der Waals surface area (Å²) in [4.78, 5) is 39.4. The lowest BCUT2D eigenvalue weighted by Crippen LogP contribution is -2.51. The molecule has 0 spiro atoms. The predicted molar refractivity (Wildman–Crippen MR) is 120 cm³/mol. The number of halogens is 3. The molecule has 2 aromatic rings. The first-order valence-electron chi connectivity index (χ1n) is 11.2. The van der Waals surface area contributed by atoms with Crippen LogP contribution in [0.25, 0.3) is 10.2 Å². The van der Waals surface area contributed by atoms with E-state index in [4.69, 9.17) is 0 Å². The third-order valence-corrected chi connectivity index (χ3v) is 8.02. The highest BCUT2D eigenvalue weighted by molar-refractivity contribution is 7.18. The highest BCUT2D eigenvalue weighted by atomic mass is 32.1. The van der Waals surface area contributed by atoms with Crippen LogP contribution >= 0.6 is 11.3 Å². The second kappa shape index (κ2) is 8.86. The maximum Gasteiger partial charge on any atom is 0.393 e. The smallest absolute Gasteiger partial charge is 0.355 e. The fourth-order valence-electron chi connectivity index (χ4n) is 5.49. The fraction of sp³-hybridized carbons (Fsp3) is 0.619. The Hall–Kier alpha value is -2.21. The van der Waals surface area contributed by atoms with Crippen LogP contribution in [0.4, 0.5) is 19.0 Å². The quantitative estimate of drug-likeness (QED) is 0.486. The SMILES string of the molecule is O=C[B]N1CCC[C@H]1C(=O)N1CC[C@@H]2CN(c3ncnc4sc(CC(F)(F)F)cc34)C[C@@H]2C1. The molecule has 0 aromatic carbocycles. The minimum Gasteiger partial charge on any atom is -0.355 e. The number of alkyl halides is 3. The molecule has 0 N–H and O–H groups in total. The number of hydrogen-bond acceptors (Lipinski definition) is 7. The standard InChI is InChI=1S/C21H24BF3N5O2S/c23-21(24,25)7-15-6-16-18(26-12-27-19(16)33-15)29-8-13-3-5-28(9-14(13)10-29)20(32)17-2-1-4-30(17)22-11-31/h6,11-14,17H,1-5,7-10H2/t13-,14+,17+/m1/s1. The summed E-state index contributed by atoms with van der Waals surface area (Å²) in [5, 5.41) is 0.666. The summed E-state index contributed by atoms with van der Waals surface area (Å²) in [6.07, 6.45) is -0.525. The minimum absolute atomic E-state index is 0.0848. The van der Waals surface area contributed by atoms with E-state index < -0.39 is 12.6 Å². The molecule has 3 saturated heterocycles. The molecule has 3 fully saturated rings. The van der Waals surface area contributed by atoms with Crippen molar-refractivity contribution in [1.29, 1.82) is 0 Å². The van der Waals surface area contributed by atoms with Gasteiger partial charge in [-0.3, -0.25) is 4.79 Å². The van der Waals surface area contributed by atoms with Crippen LogP contribution in [0.5, 0.6) is 0 Å². The van der Waals surface area contributed by atoms with Gasteiger partial charge in [0.2, 0.25) is 5.91 Å². The van der Waals surface area contributed by atoms with Crippen molar-refractivity contribution in [2.75, 3.05) is 37.6 Å². The molecule has 3 aliphatic rings. The molecule has 1 radical (unpaired) electrons. The minimum atomic E-state index is -4.26. The Bertz CT molecular complexity index is 1050. The zero-order chi connectivity index (χ0) is 23.2. The number of thiophene rings is 1. The van der Waals surface area contributed by atoms with E-state index in [1.807, 2.05) is 9.71 Å². The number of fused-ring (bicyclic) bond motifs is 2. The molecule has 12 heteroatoms. The average Bonchev–Trinajstić information content (AvgIpc) is 3.48. The maximum atomic E-state index is 13.1. The van der Waals surface area contributed by atoms with Gasteiger partial charge in [0.15, 0.2) is 0 Å². The number of amides is 1. The zero-order valence-electron chi connectivity index (χ0n) is 18.0. The number of hydrogen-bond donors (Lipinski definition) is 0. The lowest BCUT2D eigenvalue weighted by molar-refractivity contribution is -0.136. The Kier molecular flexibility index (Phi) is 6.06. The van der Waals surface area contributed by atoms with Crippen LogP contribution in [-0.2, 0) is 16.0 Å². The first kappa shape index (κ1) is 22.6. The molecule has 0 unspecified atom stereocenters. The fourth-order valence-corrected chi connectivity index (χ4v) is 6.51. The first-order chi connectivity index (χ1) is 15.8. The van der Waals surface area contributed by atoms with Gasteiger partial charge >= 0.3 is 6.18 Å². The van der Waals surface area contributed by atoms with E-state index in [-0.39, 0.29) is 22.7 Å². The monoisotopic (exact) mass is 478 g/mol. The van der Waals surface area contributed by atoms with Crippen molar-refractivity contribution in [2.45, 2.75) is 37.9 Å². The zero-order valence-corrected chi connectivity index (χ0v) is 18.8. The number of carbonyl (C=O) groups excluding carboxylic acids is 2. The highest BCUT2D eigenvalue weighted by Crippen LogP contribution is 2.38. The number of likely N-dealkylation sites (tertiary alicyclic amines) is 1. The van der Waals surface area contributed by atoms with Crippen molar-refractivity contribution in [3.05, 3.63) is 17.3 Å². The lowest BCUT2D eigenvalue weighted by Gasteiger charge is -2.37. The van der Waals surface area contributed by atoms with Crippen LogP contribution in [0.15, 0.2) is 12.4 Å². The van der Waals surface area contributed by atoms with Crippen LogP contribution < -0.4 is 4.90 Å². The summed E-state index contributed by atoms with van der Waals surface area (Å²) in [7, 11) is 1.47. The topological polar surface area (TPSA) is 69.6 Å². The van der Waals surface area contributed by atoms with Crippen LogP contribution in [0.2, 0.25) is 0 Å². The molecule has 0 aliphatic carbocycles. The van der Waals surface area contributed by atoms with Gasteiger partial charge in [0.1, 0.15) is 17.0 Å². The summed E-state index contributed by atoms with van der Waals surface area (Å²) in [5.41, 5.74) is 0. The normalized spacial score (nSPS) is 26.1. The third-order valence-electron chi connectivity index (χ3n) is 6.98. The van der Waals surface area contributed by atoms with E-state index in [1.165, 1.54) is 13.7 Å². The van der Waals surface area contributed by atoms with Crippen LogP contribution in [0, 0.1) is 11.8 Å². The van der Waals surface area contributed by atoms with Gasteiger partial charge in [-0.2, -0.15) is 13.2 Å². The molecule has 175 valence electrons. The second-order valence-corrected chi connectivity index (χ2v) is 10.2. The Morgan fingerprint density at radius 1 is 1.18 bits per heavy atom. The molecule has 2 aromatic heterocycles. The van der Waals surface area contributed by atoms with Crippen LogP contribution in [0.3, 0.4) is 0 Å². The van der Waals surface area contributed by atoms with E-state index in [9.17, 15) is 22.8 Å². The summed E-state index contributed by atoms with van der Waals surface area (Å²) >= 11 is 1.06. The first-order valence-corrected chi connectivity index (χ1v) is 12.0. The van der Waals surface area contributed by atoms with Crippen LogP contribution in [-0.4, -0.2) is 84.1 Å². The predicted octanol–water partition coefficient (Wildman–Crippen LogP) is 2.35. The Balaban J connectivity index is 1.29. The Morgan fingerprint density at radius 3 is 2.79 bits per heavy atom. The molecular formula is C21H24BF3N5O2S. The number of carbonyl (C=O) groups is 2. The van der Waals surface area contributed by atoms with Crippen molar-refractivity contribution in [2.24, 2.45) is 11.8 Å². The summed E-state index contributed by atoms with van der Waals surface area (Å²) in [6, 6.07) is 1.31. The number of rotatable bonds is 5. The van der Waals surface area contributed by atoms with E-state index in [0.717, 1.165) is 49.9 Å². The largest absolute Gasteiger partial charge is 0.393 e. The number of piperidine rings is 1. The molecule has 1 amide bonds. The van der Waals surface area contributed by atoms with Crippen LogP contribution in [0.1, 0.15) is 24.1 Å². The van der Waals surface area contributed by atoms with Crippen molar-refractivity contribution in [3.8, 4) is 0 Å². The molecule has 5 heterocycles. The second-order valence-electron chi connectivity index (χ2n) is 9.10. The van der Waals surface area contributed by atoms with Gasteiger partial charge in [-0.1, -0.05) is 0 Å². The van der Waals surface area contributed by atoms with Gasteiger partial charge in [0.05, 0.1) is 24.0 Å². The molecule has 0 bridgehead atoms. The van der Waals surface area contributed by atoms with Crippen molar-refractivity contribution in [1.82, 2.24) is 19.7 Å². The van der Waals surface area contributed by atoms with Gasteiger partial charge in [0, 0.05) is 31.1 Å². The van der Waals surface area contributed by atoms with Crippen molar-refractivity contribution >= 4 is 46.9 Å². The molecule has 7 nitrogen and oxygen atoms in total. The van der Waals surface area contributed by atoms with E-state index >= 15 is 0 Å². The highest BCUT2D eigenvalue weighted by Gasteiger charge is 2.42. The number of nitrogens with zero attached hydrogens (tertiary/aromatic N) is 5. The summed E-state index contributed by atoms with van der Waals surface area (Å²) in [6.45, 7) is 3.55. The maximum absolute atomic E-state index is 13.1. The van der Waals surface area contributed by atoms with Crippen molar-refractivity contribution < 1.29 is 22.8 Å². The molecule has 0 saturated carbocycles.